The number of thiophene rings is 1. The molecule has 2 aromatic heterocycles. The van der Waals surface area contributed by atoms with Gasteiger partial charge in [0, 0.05) is 24.7 Å². The van der Waals surface area contributed by atoms with Crippen molar-refractivity contribution >= 4 is 27.3 Å². The van der Waals surface area contributed by atoms with E-state index in [0.29, 0.717) is 11.3 Å². The lowest BCUT2D eigenvalue weighted by Crippen LogP contribution is -2.26. The maximum atomic E-state index is 12.2. The van der Waals surface area contributed by atoms with Gasteiger partial charge in [0.05, 0.1) is 11.1 Å². The fourth-order valence-electron chi connectivity index (χ4n) is 1.85. The molecule has 2 N–H and O–H groups in total. The molecule has 0 spiro atoms. The maximum Gasteiger partial charge on any atom is 0.345 e. The van der Waals surface area contributed by atoms with Crippen molar-refractivity contribution in [2.75, 3.05) is 6.54 Å². The normalized spacial score (nSPS) is 11.7. The molecule has 0 aromatic carbocycles. The molecule has 0 aliphatic carbocycles. The molecule has 0 aliphatic heterocycles. The van der Waals surface area contributed by atoms with Gasteiger partial charge in [-0.3, -0.25) is 4.68 Å². The maximum absolute atomic E-state index is 12.2. The van der Waals surface area contributed by atoms with Crippen molar-refractivity contribution in [3.05, 3.63) is 33.8 Å². The Labute approximate surface area is 126 Å². The van der Waals surface area contributed by atoms with Crippen LogP contribution >= 0.6 is 11.3 Å². The second-order valence-electron chi connectivity index (χ2n) is 4.51. The van der Waals surface area contributed by atoms with Crippen LogP contribution in [0.25, 0.3) is 0 Å². The van der Waals surface area contributed by atoms with E-state index in [4.69, 9.17) is 5.11 Å². The van der Waals surface area contributed by atoms with Crippen LogP contribution in [-0.4, -0.2) is 35.8 Å². The first kappa shape index (κ1) is 15.7. The summed E-state index contributed by atoms with van der Waals surface area (Å²) in [4.78, 5) is 11.4. The molecule has 21 heavy (non-hydrogen) atoms. The average Bonchev–Trinajstić information content (AvgIpc) is 2.96. The summed E-state index contributed by atoms with van der Waals surface area (Å²) >= 11 is 0.950. The quantitative estimate of drug-likeness (QED) is 0.823. The first-order chi connectivity index (χ1) is 9.79. The Morgan fingerprint density at radius 1 is 1.52 bits per heavy atom. The smallest absolute Gasteiger partial charge is 0.345 e. The highest BCUT2D eigenvalue weighted by molar-refractivity contribution is 7.89. The van der Waals surface area contributed by atoms with Gasteiger partial charge in [-0.2, -0.15) is 5.10 Å². The Hall–Kier alpha value is -1.71. The lowest BCUT2D eigenvalue weighted by molar-refractivity contribution is 0.0702. The van der Waals surface area contributed by atoms with Crippen molar-refractivity contribution in [1.29, 1.82) is 0 Å². The molecule has 2 heterocycles. The summed E-state index contributed by atoms with van der Waals surface area (Å²) in [6.07, 6.45) is 4.00. The lowest BCUT2D eigenvalue weighted by Gasteiger charge is -2.05. The number of aryl methyl sites for hydroxylation is 2. The van der Waals surface area contributed by atoms with Gasteiger partial charge in [0.25, 0.3) is 0 Å². The Morgan fingerprint density at radius 2 is 2.24 bits per heavy atom. The van der Waals surface area contributed by atoms with Crippen molar-refractivity contribution < 1.29 is 18.3 Å². The molecule has 9 heteroatoms. The molecule has 0 saturated heterocycles. The number of carboxylic acids is 1. The summed E-state index contributed by atoms with van der Waals surface area (Å²) < 4.78 is 28.5. The summed E-state index contributed by atoms with van der Waals surface area (Å²) in [6.45, 7) is 1.82. The van der Waals surface area contributed by atoms with E-state index < -0.39 is 16.0 Å². The van der Waals surface area contributed by atoms with Gasteiger partial charge >= 0.3 is 5.97 Å². The summed E-state index contributed by atoms with van der Waals surface area (Å²) in [5.74, 6) is -1.13. The largest absolute Gasteiger partial charge is 0.477 e. The monoisotopic (exact) mass is 329 g/mol. The van der Waals surface area contributed by atoms with Crippen molar-refractivity contribution in [2.24, 2.45) is 7.05 Å². The summed E-state index contributed by atoms with van der Waals surface area (Å²) in [6, 6.07) is 1.19. The van der Waals surface area contributed by atoms with Gasteiger partial charge in [-0.05, 0) is 25.0 Å². The van der Waals surface area contributed by atoms with Crippen molar-refractivity contribution in [3.63, 3.8) is 0 Å². The first-order valence-electron chi connectivity index (χ1n) is 6.10. The van der Waals surface area contributed by atoms with Crippen LogP contribution in [0.3, 0.4) is 0 Å². The highest BCUT2D eigenvalue weighted by atomic mass is 32.2. The molecule has 0 amide bonds. The topological polar surface area (TPSA) is 101 Å². The minimum Gasteiger partial charge on any atom is -0.477 e. The van der Waals surface area contributed by atoms with E-state index in [2.05, 4.69) is 9.82 Å². The third kappa shape index (κ3) is 3.69. The van der Waals surface area contributed by atoms with Crippen LogP contribution in [0.5, 0.6) is 0 Å². The zero-order valence-corrected chi connectivity index (χ0v) is 13.2. The van der Waals surface area contributed by atoms with Crippen LogP contribution < -0.4 is 4.72 Å². The molecule has 0 bridgehead atoms. The van der Waals surface area contributed by atoms with Gasteiger partial charge in [-0.25, -0.2) is 17.9 Å². The van der Waals surface area contributed by atoms with Crippen LogP contribution in [-0.2, 0) is 23.5 Å². The highest BCUT2D eigenvalue weighted by Gasteiger charge is 2.21. The van der Waals surface area contributed by atoms with Crippen molar-refractivity contribution in [3.8, 4) is 0 Å². The average molecular weight is 329 g/mol. The zero-order chi connectivity index (χ0) is 15.6. The van der Waals surface area contributed by atoms with Crippen LogP contribution in [0.4, 0.5) is 0 Å². The first-order valence-corrected chi connectivity index (χ1v) is 8.40. The summed E-state index contributed by atoms with van der Waals surface area (Å²) in [7, 11) is -1.91. The van der Waals surface area contributed by atoms with E-state index in [1.807, 2.05) is 6.20 Å². The summed E-state index contributed by atoms with van der Waals surface area (Å²) in [5.41, 5.74) is 0.925. The molecule has 0 radical (unpaired) electrons. The van der Waals surface area contributed by atoms with Gasteiger partial charge in [0.1, 0.15) is 4.88 Å². The molecular formula is C12H15N3O4S2. The predicted octanol–water partition coefficient (Wildman–Crippen LogP) is 1.01. The standard InChI is InChI=1S/C12H15N3O4S2/c1-8-11(5-10(20-8)12(16)17)21(18,19)14-4-3-9-6-13-15(2)7-9/h5-7,14H,3-4H2,1-2H3,(H,16,17). The number of nitrogens with one attached hydrogen (secondary N) is 1. The van der Waals surface area contributed by atoms with Crippen LogP contribution in [0.2, 0.25) is 0 Å². The van der Waals surface area contributed by atoms with Gasteiger partial charge in [0.15, 0.2) is 0 Å². The van der Waals surface area contributed by atoms with E-state index in [-0.39, 0.29) is 16.3 Å². The molecule has 0 unspecified atom stereocenters. The Bertz CT molecular complexity index is 761. The number of aromatic nitrogens is 2. The molecule has 114 valence electrons. The van der Waals surface area contributed by atoms with E-state index in [9.17, 15) is 13.2 Å². The number of sulfonamides is 1. The second-order valence-corrected chi connectivity index (χ2v) is 7.50. The zero-order valence-electron chi connectivity index (χ0n) is 11.5. The summed E-state index contributed by atoms with van der Waals surface area (Å²) in [5, 5.41) is 12.9. The number of aromatic carboxylic acids is 1. The molecule has 2 rings (SSSR count). The van der Waals surface area contributed by atoms with Crippen LogP contribution in [0.15, 0.2) is 23.4 Å². The van der Waals surface area contributed by atoms with Gasteiger partial charge in [-0.15, -0.1) is 11.3 Å². The fraction of sp³-hybridized carbons (Fsp3) is 0.333. The third-order valence-corrected chi connectivity index (χ3v) is 5.59. The van der Waals surface area contributed by atoms with E-state index in [0.717, 1.165) is 16.9 Å². The van der Waals surface area contributed by atoms with Crippen LogP contribution in [0, 0.1) is 6.92 Å². The van der Waals surface area contributed by atoms with Gasteiger partial charge in [0.2, 0.25) is 10.0 Å². The molecule has 0 saturated carbocycles. The Kier molecular flexibility index (Phi) is 4.45. The Morgan fingerprint density at radius 3 is 2.76 bits per heavy atom. The second kappa shape index (κ2) is 5.96. The highest BCUT2D eigenvalue weighted by Crippen LogP contribution is 2.25. The molecule has 2 aromatic rings. The van der Waals surface area contributed by atoms with E-state index in [1.54, 1.807) is 24.9 Å². The molecule has 7 nitrogen and oxygen atoms in total. The Balaban J connectivity index is 2.06. The number of hydrogen-bond donors (Lipinski definition) is 2. The molecule has 0 atom stereocenters. The SMILES string of the molecule is Cc1sc(C(=O)O)cc1S(=O)(=O)NCCc1cnn(C)c1. The van der Waals surface area contributed by atoms with Crippen molar-refractivity contribution in [1.82, 2.24) is 14.5 Å². The molecule has 0 fully saturated rings. The van der Waals surface area contributed by atoms with E-state index >= 15 is 0 Å². The lowest BCUT2D eigenvalue weighted by atomic mass is 10.3. The molecular weight excluding hydrogens is 314 g/mol. The minimum absolute atomic E-state index is 0.0140. The number of nitrogens with zero attached hydrogens (tertiary/aromatic N) is 2. The number of rotatable bonds is 6. The fourth-order valence-corrected chi connectivity index (χ4v) is 4.31. The van der Waals surface area contributed by atoms with Crippen LogP contribution in [0.1, 0.15) is 20.1 Å². The minimum atomic E-state index is -3.70. The van der Waals surface area contributed by atoms with Crippen molar-refractivity contribution in [2.45, 2.75) is 18.2 Å². The van der Waals surface area contributed by atoms with Gasteiger partial charge in [-0.1, -0.05) is 0 Å². The van der Waals surface area contributed by atoms with E-state index in [1.165, 1.54) is 6.07 Å². The molecule has 0 aliphatic rings. The van der Waals surface area contributed by atoms with Gasteiger partial charge < -0.3 is 5.11 Å². The number of hydrogen-bond acceptors (Lipinski definition) is 5. The third-order valence-electron chi connectivity index (χ3n) is 2.84. The predicted molar refractivity (Wildman–Crippen MR) is 78.1 cm³/mol. The number of carbonyl (C=O) groups is 1. The number of carboxylic acid groups (broad SMARTS) is 1.